The molecule has 1 aliphatic rings. The monoisotopic (exact) mass is 402 g/mol. The number of amides is 1. The van der Waals surface area contributed by atoms with Crippen molar-refractivity contribution < 1.29 is 17.7 Å². The minimum atomic E-state index is -3.11. The van der Waals surface area contributed by atoms with E-state index in [4.69, 9.17) is 4.52 Å². The number of carbonyl (C=O) groups is 1. The Morgan fingerprint density at radius 2 is 2.04 bits per heavy atom. The normalized spacial score (nSPS) is 18.4. The van der Waals surface area contributed by atoms with Gasteiger partial charge in [0.25, 0.3) is 5.91 Å². The molecule has 1 unspecified atom stereocenters. The molecule has 1 aliphatic heterocycles. The molecule has 27 heavy (non-hydrogen) atoms. The van der Waals surface area contributed by atoms with Crippen molar-refractivity contribution in [2.45, 2.75) is 19.0 Å². The van der Waals surface area contributed by atoms with Gasteiger partial charge in [0.1, 0.15) is 0 Å². The Kier molecular flexibility index (Phi) is 4.84. The van der Waals surface area contributed by atoms with Crippen molar-refractivity contribution in [2.75, 3.05) is 11.5 Å². The van der Waals surface area contributed by atoms with E-state index in [1.807, 2.05) is 47.8 Å². The molecule has 0 spiro atoms. The maximum Gasteiger partial charge on any atom is 0.276 e. The molecular formula is C19H18N2O4S2. The van der Waals surface area contributed by atoms with Crippen molar-refractivity contribution in [3.8, 4) is 10.6 Å². The van der Waals surface area contributed by atoms with Gasteiger partial charge in [-0.1, -0.05) is 41.6 Å². The minimum absolute atomic E-state index is 0.0127. The molecule has 1 saturated heterocycles. The lowest BCUT2D eigenvalue weighted by molar-refractivity contribution is 0.0670. The van der Waals surface area contributed by atoms with Crippen LogP contribution in [0.3, 0.4) is 0 Å². The molecule has 3 aromatic rings. The Balaban J connectivity index is 1.62. The summed E-state index contributed by atoms with van der Waals surface area (Å²) in [6.45, 7) is 0.334. The molecule has 0 N–H and O–H groups in total. The topological polar surface area (TPSA) is 80.5 Å². The lowest BCUT2D eigenvalue weighted by Gasteiger charge is -2.27. The third kappa shape index (κ3) is 3.96. The zero-order valence-corrected chi connectivity index (χ0v) is 16.1. The summed E-state index contributed by atoms with van der Waals surface area (Å²) in [6.07, 6.45) is 0.441. The number of sulfone groups is 1. The molecule has 140 valence electrons. The van der Waals surface area contributed by atoms with Crippen LogP contribution in [0.2, 0.25) is 0 Å². The molecule has 0 aliphatic carbocycles. The van der Waals surface area contributed by atoms with E-state index in [1.165, 1.54) is 11.3 Å². The standard InChI is InChI=1S/C19H18N2O4S2/c22-19(16-11-17(25-20-16)18-7-4-9-26-18)21(12-14-5-2-1-3-6-14)15-8-10-27(23,24)13-15/h1-7,9,11,15H,8,10,12-13H2. The second kappa shape index (κ2) is 7.28. The van der Waals surface area contributed by atoms with Crippen molar-refractivity contribution in [3.05, 3.63) is 65.2 Å². The number of aromatic nitrogens is 1. The molecule has 1 fully saturated rings. The van der Waals surface area contributed by atoms with Crippen LogP contribution in [0.1, 0.15) is 22.5 Å². The average molecular weight is 402 g/mol. The Hall–Kier alpha value is -2.45. The number of rotatable bonds is 5. The summed E-state index contributed by atoms with van der Waals surface area (Å²) in [7, 11) is -3.11. The highest BCUT2D eigenvalue weighted by Crippen LogP contribution is 2.27. The first-order chi connectivity index (χ1) is 13.0. The lowest BCUT2D eigenvalue weighted by Crippen LogP contribution is -2.40. The third-order valence-corrected chi connectivity index (χ3v) is 7.23. The Labute approximate surface area is 161 Å². The van der Waals surface area contributed by atoms with E-state index in [2.05, 4.69) is 5.16 Å². The van der Waals surface area contributed by atoms with Crippen LogP contribution < -0.4 is 0 Å². The van der Waals surface area contributed by atoms with E-state index in [9.17, 15) is 13.2 Å². The molecule has 2 aromatic heterocycles. The van der Waals surface area contributed by atoms with Crippen LogP contribution in [0, 0.1) is 0 Å². The molecule has 0 bridgehead atoms. The second-order valence-corrected chi connectivity index (χ2v) is 9.71. The number of hydrogen-bond donors (Lipinski definition) is 0. The van der Waals surface area contributed by atoms with Gasteiger partial charge in [0, 0.05) is 18.7 Å². The van der Waals surface area contributed by atoms with E-state index in [1.54, 1.807) is 11.0 Å². The fourth-order valence-corrected chi connectivity index (χ4v) is 5.63. The quantitative estimate of drug-likeness (QED) is 0.655. The van der Waals surface area contributed by atoms with E-state index in [-0.39, 0.29) is 29.1 Å². The summed E-state index contributed by atoms with van der Waals surface area (Å²) < 4.78 is 29.2. The van der Waals surface area contributed by atoms with Gasteiger partial charge in [0.15, 0.2) is 21.3 Å². The maximum absolute atomic E-state index is 13.1. The third-order valence-electron chi connectivity index (χ3n) is 4.60. The number of hydrogen-bond acceptors (Lipinski definition) is 6. The van der Waals surface area contributed by atoms with Crippen molar-refractivity contribution in [1.29, 1.82) is 0 Å². The summed E-state index contributed by atoms with van der Waals surface area (Å²) in [5.41, 5.74) is 1.13. The van der Waals surface area contributed by atoms with Gasteiger partial charge in [-0.3, -0.25) is 4.79 Å². The van der Waals surface area contributed by atoms with Crippen LogP contribution in [0.5, 0.6) is 0 Å². The predicted molar refractivity (Wildman–Crippen MR) is 103 cm³/mol. The largest absolute Gasteiger partial charge is 0.355 e. The lowest BCUT2D eigenvalue weighted by atomic mass is 10.1. The Morgan fingerprint density at radius 3 is 2.70 bits per heavy atom. The molecule has 1 atom stereocenters. The van der Waals surface area contributed by atoms with Crippen molar-refractivity contribution in [1.82, 2.24) is 10.1 Å². The van der Waals surface area contributed by atoms with Gasteiger partial charge in [-0.05, 0) is 23.4 Å². The zero-order valence-electron chi connectivity index (χ0n) is 14.4. The summed E-state index contributed by atoms with van der Waals surface area (Å²) in [4.78, 5) is 15.6. The number of benzene rings is 1. The van der Waals surface area contributed by atoms with Gasteiger partial charge in [0.2, 0.25) is 0 Å². The van der Waals surface area contributed by atoms with Gasteiger partial charge in [-0.2, -0.15) is 0 Å². The Morgan fingerprint density at radius 1 is 1.22 bits per heavy atom. The zero-order chi connectivity index (χ0) is 18.9. The van der Waals surface area contributed by atoms with Crippen LogP contribution in [0.25, 0.3) is 10.6 Å². The van der Waals surface area contributed by atoms with Gasteiger partial charge in [-0.25, -0.2) is 8.42 Å². The minimum Gasteiger partial charge on any atom is -0.355 e. The summed E-state index contributed by atoms with van der Waals surface area (Å²) >= 11 is 1.50. The molecule has 0 saturated carbocycles. The smallest absolute Gasteiger partial charge is 0.276 e. The molecule has 1 amide bonds. The predicted octanol–water partition coefficient (Wildman–Crippen LogP) is 3.23. The SMILES string of the molecule is O=C(c1cc(-c2cccs2)on1)N(Cc1ccccc1)C1CCS(=O)(=O)C1. The van der Waals surface area contributed by atoms with Crippen LogP contribution >= 0.6 is 11.3 Å². The number of thiophene rings is 1. The summed E-state index contributed by atoms with van der Waals surface area (Å²) in [5.74, 6) is 0.316. The van der Waals surface area contributed by atoms with Crippen LogP contribution in [0.4, 0.5) is 0 Å². The second-order valence-electron chi connectivity index (χ2n) is 6.53. The van der Waals surface area contributed by atoms with Crippen molar-refractivity contribution >= 4 is 27.1 Å². The highest BCUT2D eigenvalue weighted by atomic mass is 32.2. The first kappa shape index (κ1) is 17.9. The van der Waals surface area contributed by atoms with Crippen molar-refractivity contribution in [2.24, 2.45) is 0 Å². The summed E-state index contributed by atoms with van der Waals surface area (Å²) in [5, 5.41) is 5.85. The molecule has 8 heteroatoms. The highest BCUT2D eigenvalue weighted by Gasteiger charge is 2.36. The van der Waals surface area contributed by atoms with E-state index in [0.29, 0.717) is 18.7 Å². The van der Waals surface area contributed by atoms with Gasteiger partial charge in [0.05, 0.1) is 16.4 Å². The number of carbonyl (C=O) groups excluding carboxylic acids is 1. The Bertz CT molecular complexity index is 1030. The van der Waals surface area contributed by atoms with Gasteiger partial charge >= 0.3 is 0 Å². The van der Waals surface area contributed by atoms with Crippen molar-refractivity contribution in [3.63, 3.8) is 0 Å². The van der Waals surface area contributed by atoms with Gasteiger partial charge < -0.3 is 9.42 Å². The maximum atomic E-state index is 13.1. The molecule has 6 nitrogen and oxygen atoms in total. The van der Waals surface area contributed by atoms with E-state index in [0.717, 1.165) is 10.4 Å². The fourth-order valence-electron chi connectivity index (χ4n) is 3.23. The molecular weight excluding hydrogens is 384 g/mol. The van der Waals surface area contributed by atoms with E-state index >= 15 is 0 Å². The van der Waals surface area contributed by atoms with Crippen LogP contribution in [-0.2, 0) is 16.4 Å². The average Bonchev–Trinajstić information content (AvgIpc) is 3.40. The highest BCUT2D eigenvalue weighted by molar-refractivity contribution is 7.91. The van der Waals surface area contributed by atoms with Crippen LogP contribution in [-0.4, -0.2) is 41.9 Å². The fraction of sp³-hybridized carbons (Fsp3) is 0.263. The van der Waals surface area contributed by atoms with E-state index < -0.39 is 9.84 Å². The first-order valence-corrected chi connectivity index (χ1v) is 11.3. The molecule has 1 aromatic carbocycles. The molecule has 4 rings (SSSR count). The van der Waals surface area contributed by atoms with Crippen LogP contribution in [0.15, 0.2) is 58.4 Å². The molecule has 3 heterocycles. The van der Waals surface area contributed by atoms with Gasteiger partial charge in [-0.15, -0.1) is 11.3 Å². The molecule has 0 radical (unpaired) electrons. The first-order valence-electron chi connectivity index (χ1n) is 8.58. The summed E-state index contributed by atoms with van der Waals surface area (Å²) in [6, 6.07) is 14.6. The number of nitrogens with zero attached hydrogens (tertiary/aromatic N) is 2.